The summed E-state index contributed by atoms with van der Waals surface area (Å²) in [6, 6.07) is 11.6. The summed E-state index contributed by atoms with van der Waals surface area (Å²) in [5.41, 5.74) is 1.80. The smallest absolute Gasteiger partial charge is 0.405 e. The maximum Gasteiger partial charge on any atom is 0.405 e. The van der Waals surface area contributed by atoms with Crippen LogP contribution in [0.4, 0.5) is 4.79 Å². The summed E-state index contributed by atoms with van der Waals surface area (Å²) in [4.78, 5) is 193. The minimum atomic E-state index is -1.64. The third-order valence-electron chi connectivity index (χ3n) is 17.5. The van der Waals surface area contributed by atoms with Gasteiger partial charge >= 0.3 is 12.1 Å². The molecule has 0 aromatic heterocycles. The number of carbonyl (C=O) groups excluding carboxylic acids is 12. The summed E-state index contributed by atoms with van der Waals surface area (Å²) < 4.78 is 5.58. The van der Waals surface area contributed by atoms with Crippen molar-refractivity contribution < 1.29 is 72.2 Å². The van der Waals surface area contributed by atoms with Crippen molar-refractivity contribution in [1.29, 1.82) is 0 Å². The van der Waals surface area contributed by atoms with Crippen LogP contribution in [0.2, 0.25) is 0 Å². The summed E-state index contributed by atoms with van der Waals surface area (Å²) in [6.45, 7) is 24.8. The van der Waals surface area contributed by atoms with Gasteiger partial charge in [-0.25, -0.2) is 9.59 Å². The Balaban J connectivity index is 1.91. The van der Waals surface area contributed by atoms with Gasteiger partial charge in [0.1, 0.15) is 66.5 Å². The second kappa shape index (κ2) is 43.8. The molecule has 9 N–H and O–H groups in total. The molecular formula is C76H114N12O15S4. The number of unbranched alkanes of at least 4 members (excludes halogenated alkanes) is 1. The highest BCUT2D eigenvalue weighted by Gasteiger charge is 2.41. The van der Waals surface area contributed by atoms with Crippen LogP contribution in [0.15, 0.2) is 91.0 Å². The Hall–Kier alpha value is -8.03. The van der Waals surface area contributed by atoms with E-state index in [0.29, 0.717) is 16.7 Å². The lowest BCUT2D eigenvalue weighted by Gasteiger charge is -2.36. The first kappa shape index (κ1) is 91.4. The zero-order chi connectivity index (χ0) is 80.2. The predicted octanol–water partition coefficient (Wildman–Crippen LogP) is 6.31. The van der Waals surface area contributed by atoms with E-state index in [1.807, 2.05) is 69.2 Å². The fourth-order valence-corrected chi connectivity index (χ4v) is 16.1. The van der Waals surface area contributed by atoms with Gasteiger partial charge < -0.3 is 72.0 Å². The maximum absolute atomic E-state index is 15.3. The molecule has 3 aromatic carbocycles. The Morgan fingerprint density at radius 2 is 0.953 bits per heavy atom. The van der Waals surface area contributed by atoms with Gasteiger partial charge in [0.05, 0.1) is 5.75 Å². The lowest BCUT2D eigenvalue weighted by Crippen LogP contribution is -2.60. The first-order valence-corrected chi connectivity index (χ1v) is 40.8. The standard InChI is InChI=1S/C76H114N12O15S4/c1-45(2)38-56-71(98)86(16)50(8)70(97)87(17)59(39-46(3)4)67(94)79-48(6)69(96)88(18)60(42-53-34-26-21-27-35-53)72(99)85(15)49(7)63(90)78-47(5)62(89)83-57(41-52-32-24-20-25-33-52)73(100)103-61(44-105-107-76(12,13)14)68(95)81-55(40-51-30-22-19-23-31-51)66(93)80-54(65(92)82-56)36-28-29-37-77-64(91)58(84-74(101)102)43-104-106-75(9,10)11/h19-27,30-35,45-50,54-61,84H,28-29,36-44H2,1-18H3,(H,77,91)(H,78,90)(H,79,94)(H,80,93)(H,81,95)(H,82,92)(H,83,89)(H,101,102)/t47-,48-,49-,50-,54-,55-,56-,57-,58-,59-,60-,61?/m0/s1. The number of hydrogen-bond donors (Lipinski definition) is 9. The molecule has 12 atom stereocenters. The van der Waals surface area contributed by atoms with Crippen LogP contribution >= 0.6 is 43.2 Å². The van der Waals surface area contributed by atoms with Gasteiger partial charge in [-0.3, -0.25) is 52.7 Å². The molecule has 0 aliphatic carbocycles. The van der Waals surface area contributed by atoms with Gasteiger partial charge in [0.2, 0.25) is 59.1 Å². The van der Waals surface area contributed by atoms with Crippen molar-refractivity contribution >= 4 is 120 Å². The summed E-state index contributed by atoms with van der Waals surface area (Å²) in [5, 5.41) is 31.3. The molecule has 1 fully saturated rings. The van der Waals surface area contributed by atoms with Crippen molar-refractivity contribution in [3.05, 3.63) is 108 Å². The van der Waals surface area contributed by atoms with Gasteiger partial charge in [-0.2, -0.15) is 0 Å². The Morgan fingerprint density at radius 1 is 0.486 bits per heavy atom. The lowest BCUT2D eigenvalue weighted by molar-refractivity contribution is -0.157. The van der Waals surface area contributed by atoms with E-state index >= 15 is 19.2 Å². The molecule has 592 valence electrons. The Kier molecular flexibility index (Phi) is 37.4. The Morgan fingerprint density at radius 3 is 1.49 bits per heavy atom. The SMILES string of the molecule is CC(C)C[C@@H]1NC(=O)[C@H](CCCCNC(=O)[C@H](CSSC(C)(C)C)NC(=O)O)NC(=O)[C@H](Cc2ccccc2)NC(=O)C(CSSC(C)(C)C)OC(=O)[C@H](Cc2ccccc2)NC(=O)[C@H](C)NC(=O)[C@H](C)N(C)C(=O)[C@H](Cc2ccccc2)N(C)C(=O)[C@H](C)NC(=O)[C@H](CC(C)C)N(C)C(=O)[C@H](C)N(C)C1=O. The highest BCUT2D eigenvalue weighted by atomic mass is 33.1. The molecule has 1 heterocycles. The van der Waals surface area contributed by atoms with E-state index in [1.54, 1.807) is 91.0 Å². The van der Waals surface area contributed by atoms with Gasteiger partial charge in [0.15, 0.2) is 6.10 Å². The first-order chi connectivity index (χ1) is 50.1. The van der Waals surface area contributed by atoms with Crippen molar-refractivity contribution in [2.75, 3.05) is 46.2 Å². The highest BCUT2D eigenvalue weighted by molar-refractivity contribution is 8.77. The van der Waals surface area contributed by atoms with Crippen LogP contribution in [-0.2, 0) is 81.5 Å². The van der Waals surface area contributed by atoms with Crippen molar-refractivity contribution in [1.82, 2.24) is 62.1 Å². The molecule has 107 heavy (non-hydrogen) atoms. The minimum absolute atomic E-state index is 0.0163. The average molecular weight is 1560 g/mol. The van der Waals surface area contributed by atoms with Crippen molar-refractivity contribution in [3.63, 3.8) is 0 Å². The third kappa shape index (κ3) is 31.2. The first-order valence-electron chi connectivity index (χ1n) is 36.2. The quantitative estimate of drug-likeness (QED) is 0.0285. The van der Waals surface area contributed by atoms with E-state index < -0.39 is 150 Å². The number of esters is 1. The molecule has 1 aliphatic rings. The lowest BCUT2D eigenvalue weighted by atomic mass is 9.99. The van der Waals surface area contributed by atoms with E-state index in [2.05, 4.69) is 42.5 Å². The molecule has 0 radical (unpaired) electrons. The number of amides is 12. The van der Waals surface area contributed by atoms with E-state index in [-0.39, 0.29) is 90.7 Å². The van der Waals surface area contributed by atoms with Crippen LogP contribution in [0, 0.1) is 11.8 Å². The summed E-state index contributed by atoms with van der Waals surface area (Å²) >= 11 is 0. The number of benzene rings is 3. The number of ether oxygens (including phenoxy) is 1. The molecular weight excluding hydrogens is 1450 g/mol. The van der Waals surface area contributed by atoms with E-state index in [1.165, 1.54) is 109 Å². The summed E-state index contributed by atoms with van der Waals surface area (Å²) in [5.74, 6) is -9.88. The van der Waals surface area contributed by atoms with Crippen molar-refractivity contribution in [2.45, 2.75) is 230 Å². The van der Waals surface area contributed by atoms with Gasteiger partial charge in [0.25, 0.3) is 5.91 Å². The number of hydrogen-bond acceptors (Lipinski definition) is 18. The highest BCUT2D eigenvalue weighted by Crippen LogP contribution is 2.37. The molecule has 1 unspecified atom stereocenters. The molecule has 0 spiro atoms. The fourth-order valence-electron chi connectivity index (χ4n) is 11.2. The molecule has 31 heteroatoms. The fraction of sp³-hybridized carbons (Fsp3) is 0.592. The zero-order valence-corrected chi connectivity index (χ0v) is 68.4. The predicted molar refractivity (Wildman–Crippen MR) is 421 cm³/mol. The molecule has 0 saturated carbocycles. The van der Waals surface area contributed by atoms with Gasteiger partial charge in [-0.1, -0.05) is 203 Å². The van der Waals surface area contributed by atoms with Crippen LogP contribution in [-0.4, -0.2) is 230 Å². The number of carbonyl (C=O) groups is 13. The number of rotatable bonds is 23. The molecule has 1 saturated heterocycles. The third-order valence-corrected chi connectivity index (χ3v) is 24.1. The summed E-state index contributed by atoms with van der Waals surface area (Å²) in [7, 11) is 11.0. The second-order valence-corrected chi connectivity index (χ2v) is 36.2. The zero-order valence-electron chi connectivity index (χ0n) is 65.1. The number of carboxylic acid groups (broad SMARTS) is 1. The Bertz CT molecular complexity index is 3480. The minimum Gasteiger partial charge on any atom is -0.465 e. The van der Waals surface area contributed by atoms with Crippen LogP contribution < -0.4 is 42.5 Å². The monoisotopic (exact) mass is 1560 g/mol. The van der Waals surface area contributed by atoms with Crippen LogP contribution in [0.1, 0.15) is 146 Å². The van der Waals surface area contributed by atoms with Crippen LogP contribution in [0.25, 0.3) is 0 Å². The van der Waals surface area contributed by atoms with E-state index in [9.17, 15) is 48.3 Å². The molecule has 0 bridgehead atoms. The molecule has 27 nitrogen and oxygen atoms in total. The van der Waals surface area contributed by atoms with Gasteiger partial charge in [0, 0.05) is 69.2 Å². The van der Waals surface area contributed by atoms with Gasteiger partial charge in [-0.15, -0.1) is 0 Å². The number of likely N-dealkylation sites (N-methyl/N-ethyl adjacent to an activating group) is 4. The maximum atomic E-state index is 15.3. The average Bonchev–Trinajstić information content (AvgIpc) is 0.830. The summed E-state index contributed by atoms with van der Waals surface area (Å²) in [6.07, 6.45) is -3.02. The Labute approximate surface area is 646 Å². The second-order valence-electron chi connectivity index (χ2n) is 29.9. The largest absolute Gasteiger partial charge is 0.465 e. The van der Waals surface area contributed by atoms with Crippen LogP contribution in [0.3, 0.4) is 0 Å². The normalized spacial score (nSPS) is 23.7. The van der Waals surface area contributed by atoms with Crippen molar-refractivity contribution in [3.8, 4) is 0 Å². The van der Waals surface area contributed by atoms with Gasteiger partial charge in [-0.05, 0) is 88.3 Å². The molecule has 1 aliphatic heterocycles. The topological polar surface area (TPSA) is 361 Å². The van der Waals surface area contributed by atoms with Crippen molar-refractivity contribution in [2.24, 2.45) is 11.8 Å². The molecule has 4 rings (SSSR count). The number of nitrogens with zero attached hydrogens (tertiary/aromatic N) is 4. The molecule has 3 aromatic rings. The van der Waals surface area contributed by atoms with E-state index in [0.717, 1.165) is 9.80 Å². The van der Waals surface area contributed by atoms with Crippen LogP contribution in [0.5, 0.6) is 0 Å². The molecule has 12 amide bonds. The van der Waals surface area contributed by atoms with E-state index in [4.69, 9.17) is 4.74 Å². The number of cyclic esters (lactones) is 1. The number of nitrogens with one attached hydrogen (secondary N) is 8.